The van der Waals surface area contributed by atoms with Crippen molar-refractivity contribution in [2.75, 3.05) is 20.2 Å². The average Bonchev–Trinajstić information content (AvgIpc) is 2.96. The third-order valence-electron chi connectivity index (χ3n) is 3.84. The van der Waals surface area contributed by atoms with E-state index in [1.54, 1.807) is 14.0 Å². The largest absolute Gasteiger partial charge is 0.481 e. The zero-order valence-corrected chi connectivity index (χ0v) is 12.9. The van der Waals surface area contributed by atoms with Gasteiger partial charge in [-0.2, -0.15) is 0 Å². The lowest BCUT2D eigenvalue weighted by Crippen LogP contribution is -2.46. The summed E-state index contributed by atoms with van der Waals surface area (Å²) in [6.07, 6.45) is 0.587. The molecule has 3 unspecified atom stereocenters. The number of amides is 2. The predicted molar refractivity (Wildman–Crippen MR) is 81.5 cm³/mol. The molecule has 22 heavy (non-hydrogen) atoms. The molecule has 3 atom stereocenters. The molecule has 1 fully saturated rings. The Balaban J connectivity index is 1.94. The molecule has 2 amide bonds. The summed E-state index contributed by atoms with van der Waals surface area (Å²) >= 11 is 0. The van der Waals surface area contributed by atoms with E-state index in [-0.39, 0.29) is 24.7 Å². The third-order valence-corrected chi connectivity index (χ3v) is 3.84. The van der Waals surface area contributed by atoms with E-state index in [0.717, 1.165) is 12.0 Å². The molecule has 0 spiro atoms. The van der Waals surface area contributed by atoms with Crippen LogP contribution in [0.5, 0.6) is 0 Å². The maximum atomic E-state index is 12.2. The molecule has 6 nitrogen and oxygen atoms in total. The summed E-state index contributed by atoms with van der Waals surface area (Å²) in [5.41, 5.74) is 1.03. The lowest BCUT2D eigenvalue weighted by molar-refractivity contribution is -0.141. The van der Waals surface area contributed by atoms with Gasteiger partial charge in [-0.3, -0.25) is 4.79 Å². The molecule has 0 radical (unpaired) electrons. The van der Waals surface area contributed by atoms with Crippen LogP contribution in [0.3, 0.4) is 0 Å². The van der Waals surface area contributed by atoms with Gasteiger partial charge in [-0.15, -0.1) is 0 Å². The fourth-order valence-corrected chi connectivity index (χ4v) is 2.55. The number of ether oxygens (including phenoxy) is 1. The number of carboxylic acid groups (broad SMARTS) is 1. The van der Waals surface area contributed by atoms with Gasteiger partial charge in [0, 0.05) is 20.2 Å². The zero-order valence-electron chi connectivity index (χ0n) is 12.9. The van der Waals surface area contributed by atoms with Gasteiger partial charge < -0.3 is 20.1 Å². The van der Waals surface area contributed by atoms with Crippen LogP contribution in [0.2, 0.25) is 0 Å². The Morgan fingerprint density at radius 2 is 2.09 bits per heavy atom. The number of carbonyl (C=O) groups is 2. The Morgan fingerprint density at radius 3 is 2.73 bits per heavy atom. The average molecular weight is 306 g/mol. The van der Waals surface area contributed by atoms with Crippen molar-refractivity contribution in [3.63, 3.8) is 0 Å². The summed E-state index contributed by atoms with van der Waals surface area (Å²) in [6.45, 7) is 2.35. The van der Waals surface area contributed by atoms with Crippen molar-refractivity contribution in [2.24, 2.45) is 5.92 Å². The van der Waals surface area contributed by atoms with E-state index in [4.69, 9.17) is 9.84 Å². The van der Waals surface area contributed by atoms with E-state index in [9.17, 15) is 9.59 Å². The van der Waals surface area contributed by atoms with E-state index in [0.29, 0.717) is 6.61 Å². The second kappa shape index (κ2) is 7.26. The minimum atomic E-state index is -0.911. The molecular weight excluding hydrogens is 284 g/mol. The van der Waals surface area contributed by atoms with Crippen molar-refractivity contribution in [1.82, 2.24) is 10.2 Å². The monoisotopic (exact) mass is 306 g/mol. The van der Waals surface area contributed by atoms with Crippen LogP contribution in [0, 0.1) is 5.92 Å². The summed E-state index contributed by atoms with van der Waals surface area (Å²) in [7, 11) is 1.60. The van der Waals surface area contributed by atoms with E-state index in [1.807, 2.05) is 30.3 Å². The molecule has 1 heterocycles. The summed E-state index contributed by atoms with van der Waals surface area (Å²) < 4.78 is 5.72. The molecule has 1 aromatic carbocycles. The highest BCUT2D eigenvalue weighted by atomic mass is 16.5. The Labute approximate surface area is 130 Å². The summed E-state index contributed by atoms with van der Waals surface area (Å²) in [5.74, 6) is -1.51. The van der Waals surface area contributed by atoms with Crippen molar-refractivity contribution in [3.05, 3.63) is 35.9 Å². The highest BCUT2D eigenvalue weighted by Gasteiger charge is 2.31. The first-order valence-corrected chi connectivity index (χ1v) is 7.40. The highest BCUT2D eigenvalue weighted by molar-refractivity contribution is 5.76. The number of benzene rings is 1. The first-order chi connectivity index (χ1) is 10.5. The van der Waals surface area contributed by atoms with Crippen molar-refractivity contribution >= 4 is 12.0 Å². The van der Waals surface area contributed by atoms with Crippen LogP contribution in [0.1, 0.15) is 25.0 Å². The minimum absolute atomic E-state index is 0.0996. The van der Waals surface area contributed by atoms with Crippen LogP contribution in [-0.2, 0) is 9.53 Å². The van der Waals surface area contributed by atoms with Gasteiger partial charge in [-0.05, 0) is 12.0 Å². The normalized spacial score (nSPS) is 22.1. The highest BCUT2D eigenvalue weighted by Crippen LogP contribution is 2.29. The maximum absolute atomic E-state index is 12.2. The second-order valence-corrected chi connectivity index (χ2v) is 5.67. The standard InChI is InChI=1S/C16H22N2O4/c1-11(15(19)20)10-18(2)16(21)17-13-8-9-22-14(13)12-6-4-3-5-7-12/h3-7,11,13-14H,8-10H2,1-2H3,(H,17,21)(H,19,20). The smallest absolute Gasteiger partial charge is 0.317 e. The third kappa shape index (κ3) is 3.98. The number of urea groups is 1. The first kappa shape index (κ1) is 16.3. The number of nitrogens with one attached hydrogen (secondary N) is 1. The molecule has 2 rings (SSSR count). The number of rotatable bonds is 5. The van der Waals surface area contributed by atoms with Gasteiger partial charge in [0.05, 0.1) is 12.0 Å². The van der Waals surface area contributed by atoms with Gasteiger partial charge in [0.15, 0.2) is 0 Å². The molecule has 1 aromatic rings. The van der Waals surface area contributed by atoms with Gasteiger partial charge in [0.25, 0.3) is 0 Å². The van der Waals surface area contributed by atoms with Gasteiger partial charge in [-0.1, -0.05) is 37.3 Å². The number of carboxylic acids is 1. The molecule has 2 N–H and O–H groups in total. The second-order valence-electron chi connectivity index (χ2n) is 5.67. The van der Waals surface area contributed by atoms with Crippen LogP contribution in [0.25, 0.3) is 0 Å². The van der Waals surface area contributed by atoms with Gasteiger partial charge in [0.1, 0.15) is 6.10 Å². The zero-order chi connectivity index (χ0) is 16.1. The van der Waals surface area contributed by atoms with E-state index >= 15 is 0 Å². The van der Waals surface area contributed by atoms with Crippen molar-refractivity contribution in [3.8, 4) is 0 Å². The fraction of sp³-hybridized carbons (Fsp3) is 0.500. The Kier molecular flexibility index (Phi) is 5.38. The Bertz CT molecular complexity index is 520. The van der Waals surface area contributed by atoms with Crippen molar-refractivity contribution < 1.29 is 19.4 Å². The first-order valence-electron chi connectivity index (χ1n) is 7.40. The van der Waals surface area contributed by atoms with Gasteiger partial charge >= 0.3 is 12.0 Å². The number of hydrogen-bond acceptors (Lipinski definition) is 3. The lowest BCUT2D eigenvalue weighted by Gasteiger charge is -2.25. The van der Waals surface area contributed by atoms with Crippen LogP contribution >= 0.6 is 0 Å². The lowest BCUT2D eigenvalue weighted by atomic mass is 10.0. The topological polar surface area (TPSA) is 78.9 Å². The molecule has 0 saturated carbocycles. The molecule has 1 aliphatic rings. The van der Waals surface area contributed by atoms with Crippen molar-refractivity contribution in [1.29, 1.82) is 0 Å². The predicted octanol–water partition coefficient (Wildman–Crippen LogP) is 1.88. The Morgan fingerprint density at radius 1 is 1.41 bits per heavy atom. The SMILES string of the molecule is CC(CN(C)C(=O)NC1CCOC1c1ccccc1)C(=O)O. The summed E-state index contributed by atoms with van der Waals surface area (Å²) in [4.78, 5) is 24.5. The van der Waals surface area contributed by atoms with E-state index in [1.165, 1.54) is 4.90 Å². The molecule has 6 heteroatoms. The van der Waals surface area contributed by atoms with Gasteiger partial charge in [0.2, 0.25) is 0 Å². The molecule has 0 aliphatic carbocycles. The molecular formula is C16H22N2O4. The quantitative estimate of drug-likeness (QED) is 0.870. The Hall–Kier alpha value is -2.08. The molecule has 0 aromatic heterocycles. The van der Waals surface area contributed by atoms with Gasteiger partial charge in [-0.25, -0.2) is 4.79 Å². The fourth-order valence-electron chi connectivity index (χ4n) is 2.55. The maximum Gasteiger partial charge on any atom is 0.317 e. The number of carbonyl (C=O) groups excluding carboxylic acids is 1. The van der Waals surface area contributed by atoms with E-state index in [2.05, 4.69) is 5.32 Å². The summed E-state index contributed by atoms with van der Waals surface area (Å²) in [6, 6.07) is 9.40. The minimum Gasteiger partial charge on any atom is -0.481 e. The van der Waals surface area contributed by atoms with E-state index < -0.39 is 11.9 Å². The molecule has 1 aliphatic heterocycles. The van der Waals surface area contributed by atoms with Crippen LogP contribution in [0.4, 0.5) is 4.79 Å². The summed E-state index contributed by atoms with van der Waals surface area (Å²) in [5, 5.41) is 11.8. The van der Waals surface area contributed by atoms with Crippen LogP contribution in [-0.4, -0.2) is 48.2 Å². The molecule has 120 valence electrons. The number of aliphatic carboxylic acids is 1. The van der Waals surface area contributed by atoms with Crippen LogP contribution in [0.15, 0.2) is 30.3 Å². The molecule has 1 saturated heterocycles. The van der Waals surface area contributed by atoms with Crippen LogP contribution < -0.4 is 5.32 Å². The number of nitrogens with zero attached hydrogens (tertiary/aromatic N) is 1. The molecule has 0 bridgehead atoms. The number of hydrogen-bond donors (Lipinski definition) is 2. The van der Waals surface area contributed by atoms with Crippen molar-refractivity contribution in [2.45, 2.75) is 25.5 Å².